The van der Waals surface area contributed by atoms with Crippen molar-refractivity contribution in [1.82, 2.24) is 15.1 Å². The molecule has 8 heteroatoms. The number of nitrogens with zero attached hydrogens (tertiary/aromatic N) is 2. The van der Waals surface area contributed by atoms with Crippen molar-refractivity contribution in [2.45, 2.75) is 6.54 Å². The molecule has 0 aliphatic carbocycles. The fourth-order valence-electron chi connectivity index (χ4n) is 3.12. The van der Waals surface area contributed by atoms with Gasteiger partial charge >= 0.3 is 6.03 Å². The van der Waals surface area contributed by atoms with Crippen molar-refractivity contribution < 1.29 is 18.7 Å². The third-order valence-electron chi connectivity index (χ3n) is 4.73. The second-order valence-electron chi connectivity index (χ2n) is 6.83. The van der Waals surface area contributed by atoms with Gasteiger partial charge in [0.1, 0.15) is 11.6 Å². The Morgan fingerprint density at radius 1 is 1.07 bits per heavy atom. The van der Waals surface area contributed by atoms with E-state index in [0.717, 1.165) is 11.3 Å². The molecule has 0 saturated carbocycles. The Kier molecular flexibility index (Phi) is 7.02. The Morgan fingerprint density at radius 3 is 2.48 bits per heavy atom. The van der Waals surface area contributed by atoms with Crippen LogP contribution in [0.25, 0.3) is 0 Å². The summed E-state index contributed by atoms with van der Waals surface area (Å²) in [5.74, 6) is 0.251. The lowest BCUT2D eigenvalue weighted by Crippen LogP contribution is -2.52. The fourth-order valence-corrected chi connectivity index (χ4v) is 3.12. The monoisotopic (exact) mass is 400 g/mol. The number of amides is 3. The van der Waals surface area contributed by atoms with Gasteiger partial charge in [0.15, 0.2) is 0 Å². The summed E-state index contributed by atoms with van der Waals surface area (Å²) < 4.78 is 18.1. The van der Waals surface area contributed by atoms with Gasteiger partial charge in [0.2, 0.25) is 5.91 Å². The summed E-state index contributed by atoms with van der Waals surface area (Å²) in [7, 11) is 1.61. The third-order valence-corrected chi connectivity index (χ3v) is 4.73. The first-order valence-electron chi connectivity index (χ1n) is 9.47. The quantitative estimate of drug-likeness (QED) is 0.780. The highest BCUT2D eigenvalue weighted by Gasteiger charge is 2.22. The number of rotatable bonds is 6. The predicted molar refractivity (Wildman–Crippen MR) is 108 cm³/mol. The molecule has 0 unspecified atom stereocenters. The highest BCUT2D eigenvalue weighted by atomic mass is 19.1. The van der Waals surface area contributed by atoms with Crippen LogP contribution in [0.15, 0.2) is 48.5 Å². The summed E-state index contributed by atoms with van der Waals surface area (Å²) >= 11 is 0. The third kappa shape index (κ3) is 6.18. The molecule has 1 saturated heterocycles. The van der Waals surface area contributed by atoms with Gasteiger partial charge in [-0.2, -0.15) is 0 Å². The highest BCUT2D eigenvalue weighted by Crippen LogP contribution is 2.12. The van der Waals surface area contributed by atoms with E-state index in [1.165, 1.54) is 24.3 Å². The molecule has 2 aromatic carbocycles. The van der Waals surface area contributed by atoms with Crippen molar-refractivity contribution in [2.24, 2.45) is 0 Å². The van der Waals surface area contributed by atoms with Crippen LogP contribution in [0, 0.1) is 5.82 Å². The van der Waals surface area contributed by atoms with Crippen LogP contribution in [0.2, 0.25) is 0 Å². The number of carbonyl (C=O) groups is 2. The first-order chi connectivity index (χ1) is 14.0. The Labute approximate surface area is 169 Å². The van der Waals surface area contributed by atoms with Crippen LogP contribution >= 0.6 is 0 Å². The van der Waals surface area contributed by atoms with Gasteiger partial charge in [-0.3, -0.25) is 9.69 Å². The Bertz CT molecular complexity index is 836. The van der Waals surface area contributed by atoms with E-state index < -0.39 is 0 Å². The number of ether oxygens (including phenoxy) is 1. The summed E-state index contributed by atoms with van der Waals surface area (Å²) in [6.45, 7) is 2.99. The van der Waals surface area contributed by atoms with E-state index in [9.17, 15) is 14.0 Å². The SMILES string of the molecule is COc1cccc(CNC(=O)N2CCN(CC(=O)Nc3ccc(F)cc3)CC2)c1. The number of carbonyl (C=O) groups excluding carboxylic acids is 2. The van der Waals surface area contributed by atoms with Crippen LogP contribution < -0.4 is 15.4 Å². The second-order valence-corrected chi connectivity index (χ2v) is 6.83. The second kappa shape index (κ2) is 9.88. The van der Waals surface area contributed by atoms with Crippen molar-refractivity contribution >= 4 is 17.6 Å². The van der Waals surface area contributed by atoms with Crippen molar-refractivity contribution in [2.75, 3.05) is 45.2 Å². The largest absolute Gasteiger partial charge is 0.497 e. The Morgan fingerprint density at radius 2 is 1.79 bits per heavy atom. The normalized spacial score (nSPS) is 14.3. The zero-order valence-corrected chi connectivity index (χ0v) is 16.4. The van der Waals surface area contributed by atoms with Crippen LogP contribution in [0.3, 0.4) is 0 Å². The number of methoxy groups -OCH3 is 1. The molecule has 1 heterocycles. The van der Waals surface area contributed by atoms with Crippen molar-refractivity contribution in [3.63, 3.8) is 0 Å². The number of nitrogens with one attached hydrogen (secondary N) is 2. The molecule has 0 aromatic heterocycles. The van der Waals surface area contributed by atoms with Gasteiger partial charge in [-0.15, -0.1) is 0 Å². The molecule has 1 fully saturated rings. The molecule has 7 nitrogen and oxygen atoms in total. The van der Waals surface area contributed by atoms with Gasteiger partial charge < -0.3 is 20.3 Å². The zero-order chi connectivity index (χ0) is 20.6. The van der Waals surface area contributed by atoms with Crippen LogP contribution in [-0.2, 0) is 11.3 Å². The summed E-state index contributed by atoms with van der Waals surface area (Å²) in [6, 6.07) is 13.1. The van der Waals surface area contributed by atoms with E-state index in [1.807, 2.05) is 29.2 Å². The molecule has 0 spiro atoms. The first-order valence-corrected chi connectivity index (χ1v) is 9.47. The van der Waals surface area contributed by atoms with E-state index in [0.29, 0.717) is 38.4 Å². The summed E-state index contributed by atoms with van der Waals surface area (Å²) in [4.78, 5) is 28.3. The first kappa shape index (κ1) is 20.6. The molecule has 1 aliphatic rings. The number of piperazine rings is 1. The minimum atomic E-state index is -0.344. The maximum Gasteiger partial charge on any atom is 0.317 e. The van der Waals surface area contributed by atoms with Gasteiger partial charge in [-0.25, -0.2) is 9.18 Å². The smallest absolute Gasteiger partial charge is 0.317 e. The number of urea groups is 1. The van der Waals surface area contributed by atoms with E-state index in [2.05, 4.69) is 10.6 Å². The van der Waals surface area contributed by atoms with E-state index in [1.54, 1.807) is 12.0 Å². The van der Waals surface area contributed by atoms with Crippen LogP contribution in [0.1, 0.15) is 5.56 Å². The minimum absolute atomic E-state index is 0.122. The molecule has 2 N–H and O–H groups in total. The summed E-state index contributed by atoms with van der Waals surface area (Å²) in [5, 5.41) is 5.66. The van der Waals surface area contributed by atoms with Crippen LogP contribution in [0.4, 0.5) is 14.9 Å². The van der Waals surface area contributed by atoms with Crippen molar-refractivity contribution in [3.05, 3.63) is 59.9 Å². The predicted octanol–water partition coefficient (Wildman–Crippen LogP) is 2.30. The lowest BCUT2D eigenvalue weighted by atomic mass is 10.2. The van der Waals surface area contributed by atoms with Crippen LogP contribution in [0.5, 0.6) is 5.75 Å². The van der Waals surface area contributed by atoms with E-state index in [-0.39, 0.29) is 24.3 Å². The molecule has 29 heavy (non-hydrogen) atoms. The van der Waals surface area contributed by atoms with Crippen molar-refractivity contribution in [3.8, 4) is 5.75 Å². The molecular weight excluding hydrogens is 375 g/mol. The molecule has 154 valence electrons. The lowest BCUT2D eigenvalue weighted by molar-refractivity contribution is -0.117. The highest BCUT2D eigenvalue weighted by molar-refractivity contribution is 5.92. The molecule has 2 aromatic rings. The van der Waals surface area contributed by atoms with E-state index >= 15 is 0 Å². The maximum atomic E-state index is 12.9. The van der Waals surface area contributed by atoms with Gasteiger partial charge in [0.05, 0.1) is 13.7 Å². The minimum Gasteiger partial charge on any atom is -0.497 e. The molecular formula is C21H25FN4O3. The number of halogens is 1. The number of anilines is 1. The molecule has 3 amide bonds. The maximum absolute atomic E-state index is 12.9. The van der Waals surface area contributed by atoms with Gasteiger partial charge in [-0.05, 0) is 42.0 Å². The molecule has 1 aliphatic heterocycles. The van der Waals surface area contributed by atoms with Gasteiger partial charge in [0.25, 0.3) is 0 Å². The Hall–Kier alpha value is -3.13. The topological polar surface area (TPSA) is 73.9 Å². The fraction of sp³-hybridized carbons (Fsp3) is 0.333. The van der Waals surface area contributed by atoms with E-state index in [4.69, 9.17) is 4.74 Å². The molecule has 0 radical (unpaired) electrons. The summed E-state index contributed by atoms with van der Waals surface area (Å²) in [6.07, 6.45) is 0. The van der Waals surface area contributed by atoms with Gasteiger partial charge in [-0.1, -0.05) is 12.1 Å². The van der Waals surface area contributed by atoms with Crippen LogP contribution in [-0.4, -0.2) is 61.6 Å². The average molecular weight is 400 g/mol. The number of benzene rings is 2. The lowest BCUT2D eigenvalue weighted by Gasteiger charge is -2.34. The number of hydrogen-bond acceptors (Lipinski definition) is 4. The Balaban J connectivity index is 1.39. The zero-order valence-electron chi connectivity index (χ0n) is 16.4. The van der Waals surface area contributed by atoms with Gasteiger partial charge in [0, 0.05) is 38.4 Å². The number of hydrogen-bond donors (Lipinski definition) is 2. The summed E-state index contributed by atoms with van der Waals surface area (Å²) in [5.41, 5.74) is 1.53. The molecule has 0 bridgehead atoms. The molecule has 3 rings (SSSR count). The standard InChI is InChI=1S/C21H25FN4O3/c1-29-19-4-2-3-16(13-19)14-23-21(28)26-11-9-25(10-12-26)15-20(27)24-18-7-5-17(22)6-8-18/h2-8,13H,9-12,14-15H2,1H3,(H,23,28)(H,24,27). The molecule has 0 atom stereocenters. The van der Waals surface area contributed by atoms with Crippen molar-refractivity contribution in [1.29, 1.82) is 0 Å². The average Bonchev–Trinajstić information content (AvgIpc) is 2.74.